The van der Waals surface area contributed by atoms with Crippen LogP contribution in [0.25, 0.3) is 0 Å². The smallest absolute Gasteiger partial charge is 0.353 e. The van der Waals surface area contributed by atoms with Crippen molar-refractivity contribution in [2.75, 3.05) is 14.2 Å². The monoisotopic (exact) mass is 223 g/mol. The van der Waals surface area contributed by atoms with Crippen LogP contribution in [0.15, 0.2) is 21.7 Å². The summed E-state index contributed by atoms with van der Waals surface area (Å²) < 4.78 is 14.3. The zero-order valence-corrected chi connectivity index (χ0v) is 8.72. The molecule has 0 saturated carbocycles. The van der Waals surface area contributed by atoms with E-state index in [9.17, 15) is 9.59 Å². The second-order valence-electron chi connectivity index (χ2n) is 3.16. The highest BCUT2D eigenvalue weighted by Crippen LogP contribution is 2.36. The molecule has 1 aliphatic heterocycles. The minimum absolute atomic E-state index is 0.131. The number of fused-ring (bicyclic) bond motifs is 1. The van der Waals surface area contributed by atoms with Crippen molar-refractivity contribution >= 4 is 18.2 Å². The fraction of sp³-hybridized carbons (Fsp3) is 0.300. The Kier molecular flexibility index (Phi) is 2.26. The molecule has 0 radical (unpaired) electrons. The van der Waals surface area contributed by atoms with Gasteiger partial charge in [0.1, 0.15) is 0 Å². The number of hydrogen-bond acceptors (Lipinski definition) is 6. The summed E-state index contributed by atoms with van der Waals surface area (Å²) in [6.45, 7) is 0. The average Bonchev–Trinajstić information content (AvgIpc) is 2.88. The first-order valence-electron chi connectivity index (χ1n) is 4.47. The van der Waals surface area contributed by atoms with Gasteiger partial charge in [0.2, 0.25) is 0 Å². The molecule has 1 aromatic rings. The normalized spacial score (nSPS) is 15.6. The van der Waals surface area contributed by atoms with Gasteiger partial charge in [-0.2, -0.15) is 0 Å². The Bertz CT molecular complexity index is 457. The molecule has 0 saturated heterocycles. The summed E-state index contributed by atoms with van der Waals surface area (Å²) in [5, 5.41) is 0. The molecule has 1 aromatic heterocycles. The second-order valence-corrected chi connectivity index (χ2v) is 3.16. The van der Waals surface area contributed by atoms with Gasteiger partial charge in [-0.15, -0.1) is 0 Å². The Balaban J connectivity index is 2.59. The highest BCUT2D eigenvalue weighted by molar-refractivity contribution is 6.10. The molecule has 1 aliphatic rings. The van der Waals surface area contributed by atoms with Crippen molar-refractivity contribution in [1.29, 1.82) is 0 Å². The predicted molar refractivity (Wildman–Crippen MR) is 52.0 cm³/mol. The zero-order chi connectivity index (χ0) is 11.8. The number of carbonyl (C=O) groups is 2. The van der Waals surface area contributed by atoms with E-state index in [4.69, 9.17) is 4.42 Å². The summed E-state index contributed by atoms with van der Waals surface area (Å²) in [7, 11) is 2.34. The maximum Gasteiger partial charge on any atom is 0.353 e. The maximum atomic E-state index is 11.7. The van der Waals surface area contributed by atoms with Crippen LogP contribution < -0.4 is 0 Å². The largest absolute Gasteiger partial charge is 0.466 e. The molecule has 0 N–H and O–H groups in total. The number of furan rings is 1. The molecular formula is C10H9NO5. The van der Waals surface area contributed by atoms with Crippen LogP contribution in [-0.2, 0) is 24.6 Å². The highest BCUT2D eigenvalue weighted by Gasteiger charge is 2.56. The van der Waals surface area contributed by atoms with Crippen LogP contribution in [0.2, 0.25) is 0 Å². The Hall–Kier alpha value is -2.11. The molecule has 6 heteroatoms. The van der Waals surface area contributed by atoms with Crippen molar-refractivity contribution in [2.45, 2.75) is 5.54 Å². The Morgan fingerprint density at radius 3 is 2.50 bits per heavy atom. The van der Waals surface area contributed by atoms with Crippen LogP contribution in [0.4, 0.5) is 0 Å². The third-order valence-corrected chi connectivity index (χ3v) is 2.38. The predicted octanol–water partition coefficient (Wildman–Crippen LogP) is 0.253. The molecule has 0 unspecified atom stereocenters. The maximum absolute atomic E-state index is 11.7. The first kappa shape index (κ1) is 10.4. The van der Waals surface area contributed by atoms with Crippen LogP contribution >= 0.6 is 0 Å². The number of hydrogen-bond donors (Lipinski definition) is 0. The van der Waals surface area contributed by atoms with Crippen LogP contribution in [0, 0.1) is 0 Å². The van der Waals surface area contributed by atoms with E-state index < -0.39 is 17.5 Å². The van der Waals surface area contributed by atoms with Crippen molar-refractivity contribution in [3.8, 4) is 0 Å². The summed E-state index contributed by atoms with van der Waals surface area (Å²) in [6.07, 6.45) is 2.75. The van der Waals surface area contributed by atoms with Gasteiger partial charge in [-0.05, 0) is 6.07 Å². The molecular weight excluding hydrogens is 214 g/mol. The summed E-state index contributed by atoms with van der Waals surface area (Å²) >= 11 is 0. The van der Waals surface area contributed by atoms with E-state index in [-0.39, 0.29) is 5.76 Å². The summed E-state index contributed by atoms with van der Waals surface area (Å²) in [5.74, 6) is -1.53. The quantitative estimate of drug-likeness (QED) is 0.530. The lowest BCUT2D eigenvalue weighted by Gasteiger charge is -2.18. The fourth-order valence-corrected chi connectivity index (χ4v) is 1.61. The number of ether oxygens (including phenoxy) is 2. The van der Waals surface area contributed by atoms with Crippen molar-refractivity contribution in [2.24, 2.45) is 4.99 Å². The van der Waals surface area contributed by atoms with Crippen molar-refractivity contribution < 1.29 is 23.5 Å². The van der Waals surface area contributed by atoms with Crippen LogP contribution in [0.3, 0.4) is 0 Å². The molecule has 0 spiro atoms. The fourth-order valence-electron chi connectivity index (χ4n) is 1.61. The minimum atomic E-state index is -1.84. The molecule has 0 atom stereocenters. The van der Waals surface area contributed by atoms with E-state index >= 15 is 0 Å². The van der Waals surface area contributed by atoms with Gasteiger partial charge in [-0.25, -0.2) is 9.59 Å². The van der Waals surface area contributed by atoms with Gasteiger partial charge in [0, 0.05) is 11.8 Å². The van der Waals surface area contributed by atoms with Gasteiger partial charge in [-0.1, -0.05) is 0 Å². The number of methoxy groups -OCH3 is 2. The molecule has 0 bridgehead atoms. The van der Waals surface area contributed by atoms with E-state index in [0.29, 0.717) is 5.56 Å². The highest BCUT2D eigenvalue weighted by atomic mass is 16.5. The number of nitrogens with zero attached hydrogens (tertiary/aromatic N) is 1. The number of rotatable bonds is 2. The standard InChI is InChI=1S/C10H9NO5/c1-14-8(12)10(9(13)15-2)7-6(5-11-10)3-4-16-7/h3-5H,1-2H3. The third kappa shape index (κ3) is 1.09. The summed E-state index contributed by atoms with van der Waals surface area (Å²) in [5.41, 5.74) is -1.28. The zero-order valence-electron chi connectivity index (χ0n) is 8.72. The van der Waals surface area contributed by atoms with Crippen LogP contribution in [-0.4, -0.2) is 32.4 Å². The third-order valence-electron chi connectivity index (χ3n) is 2.38. The van der Waals surface area contributed by atoms with Gasteiger partial charge in [0.15, 0.2) is 5.76 Å². The van der Waals surface area contributed by atoms with Crippen molar-refractivity contribution in [3.63, 3.8) is 0 Å². The van der Waals surface area contributed by atoms with Crippen molar-refractivity contribution in [3.05, 3.63) is 23.7 Å². The van der Waals surface area contributed by atoms with E-state index in [1.54, 1.807) is 6.07 Å². The molecule has 0 aromatic carbocycles. The molecule has 6 nitrogen and oxygen atoms in total. The molecule has 0 aliphatic carbocycles. The van der Waals surface area contributed by atoms with Gasteiger partial charge in [0.25, 0.3) is 0 Å². The van der Waals surface area contributed by atoms with E-state index in [1.165, 1.54) is 26.7 Å². The molecule has 2 heterocycles. The molecule has 2 rings (SSSR count). The first-order chi connectivity index (χ1) is 7.66. The Morgan fingerprint density at radius 2 is 1.94 bits per heavy atom. The van der Waals surface area contributed by atoms with Gasteiger partial charge in [-0.3, -0.25) is 4.99 Å². The number of aliphatic imine (C=N–C) groups is 1. The second kappa shape index (κ2) is 3.48. The van der Waals surface area contributed by atoms with E-state index in [1.807, 2.05) is 0 Å². The lowest BCUT2D eigenvalue weighted by atomic mass is 9.97. The van der Waals surface area contributed by atoms with Crippen molar-refractivity contribution in [1.82, 2.24) is 0 Å². The lowest BCUT2D eigenvalue weighted by molar-refractivity contribution is -0.162. The molecule has 16 heavy (non-hydrogen) atoms. The van der Waals surface area contributed by atoms with Gasteiger partial charge in [0.05, 0.1) is 20.5 Å². The minimum Gasteiger partial charge on any atom is -0.466 e. The average molecular weight is 223 g/mol. The summed E-state index contributed by atoms with van der Waals surface area (Å²) in [4.78, 5) is 27.3. The molecule has 0 fully saturated rings. The van der Waals surface area contributed by atoms with Gasteiger partial charge >= 0.3 is 17.5 Å². The van der Waals surface area contributed by atoms with Crippen LogP contribution in [0.1, 0.15) is 11.3 Å². The first-order valence-corrected chi connectivity index (χ1v) is 4.47. The lowest BCUT2D eigenvalue weighted by Crippen LogP contribution is -2.42. The Morgan fingerprint density at radius 1 is 1.31 bits per heavy atom. The Labute approximate surface area is 90.9 Å². The van der Waals surface area contributed by atoms with E-state index in [2.05, 4.69) is 14.5 Å². The summed E-state index contributed by atoms with van der Waals surface area (Å²) in [6, 6.07) is 1.60. The number of carbonyl (C=O) groups excluding carboxylic acids is 2. The van der Waals surface area contributed by atoms with Gasteiger partial charge < -0.3 is 13.9 Å². The number of esters is 2. The molecule has 84 valence electrons. The topological polar surface area (TPSA) is 78.1 Å². The SMILES string of the molecule is COC(=O)C1(C(=O)OC)N=Cc2ccoc21. The van der Waals surface area contributed by atoms with Crippen LogP contribution in [0.5, 0.6) is 0 Å². The van der Waals surface area contributed by atoms with E-state index in [0.717, 1.165) is 0 Å². The molecule has 0 amide bonds.